The van der Waals surface area contributed by atoms with Gasteiger partial charge in [-0.05, 0) is 60.9 Å². The lowest BCUT2D eigenvalue weighted by molar-refractivity contribution is 0.0797. The van der Waals surface area contributed by atoms with Crippen LogP contribution < -0.4 is 0 Å². The lowest BCUT2D eigenvalue weighted by atomic mass is 9.91. The molecule has 35 heavy (non-hydrogen) atoms. The van der Waals surface area contributed by atoms with E-state index in [9.17, 15) is 17.9 Å². The first-order valence-electron chi connectivity index (χ1n) is 11.7. The van der Waals surface area contributed by atoms with Gasteiger partial charge in [-0.3, -0.25) is 0 Å². The number of benzene rings is 3. The summed E-state index contributed by atoms with van der Waals surface area (Å²) in [7, 11) is -3.89. The molecular weight excluding hydrogens is 465 g/mol. The van der Waals surface area contributed by atoms with E-state index in [0.717, 1.165) is 16.7 Å². The van der Waals surface area contributed by atoms with Crippen molar-refractivity contribution in [1.82, 2.24) is 0 Å². The minimum Gasteiger partial charge on any atom is -0.473 e. The molecule has 0 spiro atoms. The SMILES string of the molecule is CC1(C)OC(C[C@@H](CCO)c2ccccc2F)=NS(=O)(=O)C1Cc1ccc(-c2ccccc2)cc1. The molecule has 0 aliphatic carbocycles. The van der Waals surface area contributed by atoms with E-state index in [1.54, 1.807) is 32.0 Å². The van der Waals surface area contributed by atoms with Gasteiger partial charge in [-0.1, -0.05) is 72.8 Å². The van der Waals surface area contributed by atoms with Crippen molar-refractivity contribution >= 4 is 15.9 Å². The second kappa shape index (κ2) is 10.3. The lowest BCUT2D eigenvalue weighted by Crippen LogP contribution is -2.50. The fourth-order valence-electron chi connectivity index (χ4n) is 4.60. The van der Waals surface area contributed by atoms with Gasteiger partial charge in [0.15, 0.2) is 0 Å². The number of nitrogens with zero attached hydrogens (tertiary/aromatic N) is 1. The van der Waals surface area contributed by atoms with Gasteiger partial charge in [-0.2, -0.15) is 0 Å². The van der Waals surface area contributed by atoms with Gasteiger partial charge in [0.2, 0.25) is 5.90 Å². The molecule has 0 saturated carbocycles. The lowest BCUT2D eigenvalue weighted by Gasteiger charge is -2.38. The summed E-state index contributed by atoms with van der Waals surface area (Å²) in [5.41, 5.74) is 2.39. The molecule has 0 radical (unpaired) electrons. The molecule has 5 nitrogen and oxygen atoms in total. The van der Waals surface area contributed by atoms with Gasteiger partial charge in [0.05, 0.1) is 0 Å². The Morgan fingerprint density at radius 1 is 0.971 bits per heavy atom. The summed E-state index contributed by atoms with van der Waals surface area (Å²) in [5.74, 6) is -0.804. The van der Waals surface area contributed by atoms with Crippen LogP contribution in [0.15, 0.2) is 83.3 Å². The van der Waals surface area contributed by atoms with Crippen LogP contribution in [-0.2, 0) is 21.2 Å². The standard InChI is InChI=1S/C28H30FNO4S/c1-28(2)26(18-20-12-14-22(15-13-20)21-8-4-3-5-9-21)35(32,33)30-27(34-28)19-23(16-17-31)24-10-6-7-11-25(24)29/h3-15,23,26,31H,16-19H2,1-2H3/t23-,26?/m1/s1. The highest BCUT2D eigenvalue weighted by molar-refractivity contribution is 7.91. The molecule has 0 aromatic heterocycles. The van der Waals surface area contributed by atoms with Crippen molar-refractivity contribution in [3.05, 3.63) is 95.8 Å². The summed E-state index contributed by atoms with van der Waals surface area (Å²) >= 11 is 0. The van der Waals surface area contributed by atoms with E-state index in [2.05, 4.69) is 4.40 Å². The summed E-state index contributed by atoms with van der Waals surface area (Å²) < 4.78 is 51.0. The van der Waals surface area contributed by atoms with Gasteiger partial charge in [-0.15, -0.1) is 4.40 Å². The van der Waals surface area contributed by atoms with Crippen LogP contribution in [0.1, 0.15) is 43.7 Å². The molecule has 0 fully saturated rings. The van der Waals surface area contributed by atoms with Crippen molar-refractivity contribution in [1.29, 1.82) is 0 Å². The monoisotopic (exact) mass is 495 g/mol. The molecule has 4 rings (SSSR count). The summed E-state index contributed by atoms with van der Waals surface area (Å²) in [6, 6.07) is 24.1. The molecule has 3 aromatic carbocycles. The third kappa shape index (κ3) is 5.80. The zero-order valence-electron chi connectivity index (χ0n) is 19.9. The van der Waals surface area contributed by atoms with Gasteiger partial charge in [0, 0.05) is 13.0 Å². The van der Waals surface area contributed by atoms with Gasteiger partial charge < -0.3 is 9.84 Å². The number of hydrogen-bond acceptors (Lipinski definition) is 4. The quantitative estimate of drug-likeness (QED) is 0.448. The Morgan fingerprint density at radius 2 is 1.60 bits per heavy atom. The molecule has 1 aliphatic rings. The van der Waals surface area contributed by atoms with E-state index in [1.807, 2.05) is 54.6 Å². The maximum atomic E-state index is 14.4. The Hall–Kier alpha value is -3.03. The fourth-order valence-corrected chi connectivity index (χ4v) is 6.29. The van der Waals surface area contributed by atoms with Gasteiger partial charge in [0.25, 0.3) is 10.0 Å². The molecule has 0 bridgehead atoms. The molecule has 7 heteroatoms. The molecule has 1 unspecified atom stereocenters. The number of sulfonamides is 1. The summed E-state index contributed by atoms with van der Waals surface area (Å²) in [6.07, 6.45) is 0.609. The summed E-state index contributed by atoms with van der Waals surface area (Å²) in [4.78, 5) is 0. The first-order chi connectivity index (χ1) is 16.7. The zero-order chi connectivity index (χ0) is 25.1. The number of aliphatic hydroxyl groups is 1. The van der Waals surface area contributed by atoms with Crippen LogP contribution in [0.3, 0.4) is 0 Å². The largest absolute Gasteiger partial charge is 0.473 e. The van der Waals surface area contributed by atoms with Crippen molar-refractivity contribution in [3.8, 4) is 11.1 Å². The number of aliphatic hydroxyl groups excluding tert-OH is 1. The highest BCUT2D eigenvalue weighted by atomic mass is 32.2. The van der Waals surface area contributed by atoms with Crippen LogP contribution >= 0.6 is 0 Å². The molecule has 1 aliphatic heterocycles. The molecule has 1 heterocycles. The van der Waals surface area contributed by atoms with Crippen molar-refractivity contribution in [2.75, 3.05) is 6.61 Å². The van der Waals surface area contributed by atoms with Crippen molar-refractivity contribution in [2.24, 2.45) is 4.40 Å². The van der Waals surface area contributed by atoms with E-state index < -0.39 is 32.6 Å². The highest BCUT2D eigenvalue weighted by Crippen LogP contribution is 2.35. The summed E-state index contributed by atoms with van der Waals surface area (Å²) in [6.45, 7) is 3.32. The van der Waals surface area contributed by atoms with Gasteiger partial charge in [-0.25, -0.2) is 12.8 Å². The number of hydrogen-bond donors (Lipinski definition) is 1. The average Bonchev–Trinajstić information content (AvgIpc) is 2.82. The van der Waals surface area contributed by atoms with Crippen LogP contribution in [-0.4, -0.2) is 36.9 Å². The van der Waals surface area contributed by atoms with Gasteiger partial charge >= 0.3 is 0 Å². The normalized spacial score (nSPS) is 19.4. The Balaban J connectivity index is 1.55. The minimum absolute atomic E-state index is 0.0485. The Morgan fingerprint density at radius 3 is 2.23 bits per heavy atom. The number of rotatable bonds is 8. The van der Waals surface area contributed by atoms with E-state index in [-0.39, 0.29) is 31.8 Å². The third-order valence-electron chi connectivity index (χ3n) is 6.47. The smallest absolute Gasteiger partial charge is 0.263 e. The molecule has 2 atom stereocenters. The Bertz CT molecular complexity index is 1290. The van der Waals surface area contributed by atoms with E-state index in [1.165, 1.54) is 6.07 Å². The fraction of sp³-hybridized carbons (Fsp3) is 0.321. The molecule has 0 amide bonds. The molecule has 3 aromatic rings. The second-order valence-corrected chi connectivity index (χ2v) is 11.2. The van der Waals surface area contributed by atoms with Crippen molar-refractivity contribution in [3.63, 3.8) is 0 Å². The Labute approximate surface area is 206 Å². The van der Waals surface area contributed by atoms with Crippen LogP contribution in [0.2, 0.25) is 0 Å². The number of halogens is 1. The van der Waals surface area contributed by atoms with Crippen LogP contribution in [0.25, 0.3) is 11.1 Å². The molecule has 0 saturated heterocycles. The average molecular weight is 496 g/mol. The van der Waals surface area contributed by atoms with E-state index >= 15 is 0 Å². The third-order valence-corrected chi connectivity index (χ3v) is 8.38. The topological polar surface area (TPSA) is 76.0 Å². The highest BCUT2D eigenvalue weighted by Gasteiger charge is 2.46. The van der Waals surface area contributed by atoms with Crippen molar-refractivity contribution in [2.45, 2.75) is 49.9 Å². The zero-order valence-corrected chi connectivity index (χ0v) is 20.7. The maximum Gasteiger partial charge on any atom is 0.263 e. The second-order valence-electron chi connectivity index (χ2n) is 9.40. The molecule has 184 valence electrons. The predicted molar refractivity (Wildman–Crippen MR) is 136 cm³/mol. The van der Waals surface area contributed by atoms with Crippen LogP contribution in [0.5, 0.6) is 0 Å². The first kappa shape index (κ1) is 25.1. The number of ether oxygens (including phenoxy) is 1. The first-order valence-corrected chi connectivity index (χ1v) is 13.2. The van der Waals surface area contributed by atoms with Crippen molar-refractivity contribution < 1.29 is 22.7 Å². The maximum absolute atomic E-state index is 14.4. The Kier molecular flexibility index (Phi) is 7.38. The van der Waals surface area contributed by atoms with Crippen LogP contribution in [0.4, 0.5) is 4.39 Å². The molecular formula is C28H30FNO4S. The van der Waals surface area contributed by atoms with Crippen LogP contribution in [0, 0.1) is 5.82 Å². The van der Waals surface area contributed by atoms with Gasteiger partial charge in [0.1, 0.15) is 16.7 Å². The van der Waals surface area contributed by atoms with E-state index in [4.69, 9.17) is 4.74 Å². The summed E-state index contributed by atoms with van der Waals surface area (Å²) in [5, 5.41) is 8.63. The minimum atomic E-state index is -3.89. The predicted octanol–water partition coefficient (Wildman–Crippen LogP) is 5.50. The molecule has 1 N–H and O–H groups in total. The van der Waals surface area contributed by atoms with E-state index in [0.29, 0.717) is 5.56 Å².